The molecule has 3 saturated heterocycles. The van der Waals surface area contributed by atoms with Gasteiger partial charge in [-0.15, -0.1) is 0 Å². The van der Waals surface area contributed by atoms with Crippen molar-refractivity contribution in [2.24, 2.45) is 0 Å². The lowest BCUT2D eigenvalue weighted by Gasteiger charge is -2.42. The second kappa shape index (κ2) is 12.1. The number of piperidine rings is 1. The van der Waals surface area contributed by atoms with Crippen molar-refractivity contribution in [1.29, 1.82) is 0 Å². The number of hydroxylamine groups is 1. The predicted octanol–water partition coefficient (Wildman–Crippen LogP) is 4.61. The zero-order valence-electron chi connectivity index (χ0n) is 23.6. The van der Waals surface area contributed by atoms with E-state index in [-0.39, 0.29) is 6.04 Å². The normalized spacial score (nSPS) is 20.9. The maximum Gasteiger partial charge on any atom is 0.159 e. The molecule has 11 heteroatoms. The van der Waals surface area contributed by atoms with Crippen LogP contribution in [0.4, 0.5) is 31.8 Å². The van der Waals surface area contributed by atoms with Crippen LogP contribution >= 0.6 is 0 Å². The lowest BCUT2D eigenvalue weighted by Crippen LogP contribution is -2.52. The molecule has 1 atom stereocenters. The smallest absolute Gasteiger partial charge is 0.159 e. The third kappa shape index (κ3) is 6.07. The number of anilines is 4. The van der Waals surface area contributed by atoms with Crippen LogP contribution in [0.5, 0.6) is 5.75 Å². The Hall–Kier alpha value is -3.54. The SMILES string of the molecule is COc1cc(N2CCC(N3CCN(C)CC3)CC2)ccc1Nc1cc(N2OCC[C@@H]2c2ccc(F)c(F)c2)ncn1. The fourth-order valence-electron chi connectivity index (χ4n) is 6.05. The summed E-state index contributed by atoms with van der Waals surface area (Å²) in [6, 6.07) is 12.3. The van der Waals surface area contributed by atoms with Crippen LogP contribution in [0.25, 0.3) is 0 Å². The molecule has 41 heavy (non-hydrogen) atoms. The molecule has 3 aliphatic heterocycles. The molecule has 0 aliphatic carbocycles. The minimum atomic E-state index is -0.880. The van der Waals surface area contributed by atoms with E-state index in [0.717, 1.165) is 62.5 Å². The minimum absolute atomic E-state index is 0.290. The number of nitrogens with one attached hydrogen (secondary N) is 1. The van der Waals surface area contributed by atoms with Crippen LogP contribution in [-0.2, 0) is 4.84 Å². The maximum absolute atomic E-state index is 13.9. The summed E-state index contributed by atoms with van der Waals surface area (Å²) >= 11 is 0. The molecule has 1 N–H and O–H groups in total. The number of halogens is 2. The minimum Gasteiger partial charge on any atom is -0.494 e. The van der Waals surface area contributed by atoms with Gasteiger partial charge in [-0.25, -0.2) is 23.8 Å². The fraction of sp³-hybridized carbons (Fsp3) is 0.467. The van der Waals surface area contributed by atoms with Gasteiger partial charge < -0.3 is 19.9 Å². The van der Waals surface area contributed by atoms with E-state index in [9.17, 15) is 8.78 Å². The number of aromatic nitrogens is 2. The summed E-state index contributed by atoms with van der Waals surface area (Å²) < 4.78 is 33.1. The molecule has 0 bridgehead atoms. The second-order valence-corrected chi connectivity index (χ2v) is 11.0. The Labute approximate surface area is 239 Å². The first kappa shape index (κ1) is 27.6. The van der Waals surface area contributed by atoms with E-state index in [0.29, 0.717) is 36.3 Å². The Kier molecular flexibility index (Phi) is 8.18. The van der Waals surface area contributed by atoms with Gasteiger partial charge in [0.2, 0.25) is 0 Å². The molecule has 1 aromatic heterocycles. The summed E-state index contributed by atoms with van der Waals surface area (Å²) in [6.45, 7) is 7.12. The Morgan fingerprint density at radius 1 is 0.902 bits per heavy atom. The van der Waals surface area contributed by atoms with E-state index in [1.165, 1.54) is 25.2 Å². The first-order valence-corrected chi connectivity index (χ1v) is 14.3. The van der Waals surface area contributed by atoms with E-state index in [4.69, 9.17) is 9.57 Å². The number of hydrogen-bond donors (Lipinski definition) is 1. The summed E-state index contributed by atoms with van der Waals surface area (Å²) in [7, 11) is 3.87. The highest BCUT2D eigenvalue weighted by Crippen LogP contribution is 2.37. The average molecular weight is 566 g/mol. The fourth-order valence-corrected chi connectivity index (χ4v) is 6.05. The van der Waals surface area contributed by atoms with Gasteiger partial charge in [0.25, 0.3) is 0 Å². The van der Waals surface area contributed by atoms with Gasteiger partial charge in [0.15, 0.2) is 17.5 Å². The molecule has 0 amide bonds. The van der Waals surface area contributed by atoms with Gasteiger partial charge in [-0.05, 0) is 49.7 Å². The molecule has 3 aromatic rings. The highest BCUT2D eigenvalue weighted by Gasteiger charge is 2.30. The number of piperazine rings is 1. The van der Waals surface area contributed by atoms with Gasteiger partial charge in [-0.1, -0.05) is 6.07 Å². The number of hydrogen-bond acceptors (Lipinski definition) is 9. The van der Waals surface area contributed by atoms with Crippen molar-refractivity contribution in [2.45, 2.75) is 31.3 Å². The highest BCUT2D eigenvalue weighted by molar-refractivity contribution is 5.70. The van der Waals surface area contributed by atoms with Gasteiger partial charge in [0.05, 0.1) is 25.4 Å². The number of methoxy groups -OCH3 is 1. The lowest BCUT2D eigenvalue weighted by atomic mass is 10.0. The topological polar surface area (TPSA) is 69.2 Å². The Morgan fingerprint density at radius 2 is 1.71 bits per heavy atom. The molecule has 4 heterocycles. The molecular weight excluding hydrogens is 528 g/mol. The molecule has 2 aromatic carbocycles. The summed E-state index contributed by atoms with van der Waals surface area (Å²) in [4.78, 5) is 22.1. The number of likely N-dealkylation sites (N-methyl/N-ethyl adjacent to an activating group) is 1. The van der Waals surface area contributed by atoms with Gasteiger partial charge in [-0.3, -0.25) is 9.74 Å². The van der Waals surface area contributed by atoms with Crippen LogP contribution in [0.1, 0.15) is 30.9 Å². The maximum atomic E-state index is 13.9. The molecule has 218 valence electrons. The Morgan fingerprint density at radius 3 is 2.46 bits per heavy atom. The summed E-state index contributed by atoms with van der Waals surface area (Å²) in [5.41, 5.74) is 2.56. The zero-order valence-corrected chi connectivity index (χ0v) is 23.6. The molecular formula is C30H37F2N7O2. The standard InChI is InChI=1S/C30H37F2N7O2/c1-36-12-14-38(15-13-36)22-7-10-37(11-8-22)23-4-6-26(28(18-23)40-2)35-29-19-30(34-20-33-29)39-27(9-16-41-39)21-3-5-24(31)25(32)17-21/h3-6,17-20,22,27H,7-16H2,1-2H3,(H,33,34,35)/t27-/m1/s1. The molecule has 0 saturated carbocycles. The van der Waals surface area contributed by atoms with E-state index in [1.807, 2.05) is 6.07 Å². The molecule has 9 nitrogen and oxygen atoms in total. The molecule has 0 radical (unpaired) electrons. The van der Waals surface area contributed by atoms with Crippen LogP contribution in [-0.4, -0.2) is 85.8 Å². The molecule has 0 spiro atoms. The quantitative estimate of drug-likeness (QED) is 0.443. The second-order valence-electron chi connectivity index (χ2n) is 11.0. The number of ether oxygens (including phenoxy) is 1. The number of nitrogens with zero attached hydrogens (tertiary/aromatic N) is 6. The monoisotopic (exact) mass is 565 g/mol. The molecule has 3 aliphatic rings. The van der Waals surface area contributed by atoms with Crippen molar-refractivity contribution in [1.82, 2.24) is 19.8 Å². The highest BCUT2D eigenvalue weighted by atomic mass is 19.2. The van der Waals surface area contributed by atoms with Crippen molar-refractivity contribution < 1.29 is 18.4 Å². The third-order valence-electron chi connectivity index (χ3n) is 8.44. The van der Waals surface area contributed by atoms with Crippen LogP contribution in [0.3, 0.4) is 0 Å². The van der Waals surface area contributed by atoms with Crippen LogP contribution < -0.4 is 20.0 Å². The van der Waals surface area contributed by atoms with Crippen molar-refractivity contribution >= 4 is 23.0 Å². The first-order valence-electron chi connectivity index (χ1n) is 14.3. The average Bonchev–Trinajstić information content (AvgIpc) is 3.50. The zero-order chi connectivity index (χ0) is 28.3. The van der Waals surface area contributed by atoms with Crippen molar-refractivity contribution in [2.75, 3.05) is 75.3 Å². The summed E-state index contributed by atoms with van der Waals surface area (Å²) in [5.74, 6) is 0.0558. The van der Waals surface area contributed by atoms with E-state index in [1.54, 1.807) is 24.3 Å². The lowest BCUT2D eigenvalue weighted by molar-refractivity contribution is 0.0982. The largest absolute Gasteiger partial charge is 0.494 e. The van der Waals surface area contributed by atoms with E-state index in [2.05, 4.69) is 49.2 Å². The Bertz CT molecular complexity index is 1350. The number of benzene rings is 2. The molecule has 6 rings (SSSR count). The van der Waals surface area contributed by atoms with Gasteiger partial charge in [-0.2, -0.15) is 0 Å². The van der Waals surface area contributed by atoms with Crippen molar-refractivity contribution in [3.8, 4) is 5.75 Å². The first-order chi connectivity index (χ1) is 20.0. The van der Waals surface area contributed by atoms with Crippen LogP contribution in [0.2, 0.25) is 0 Å². The van der Waals surface area contributed by atoms with Gasteiger partial charge in [0.1, 0.15) is 17.9 Å². The summed E-state index contributed by atoms with van der Waals surface area (Å²) in [6.07, 6.45) is 4.41. The third-order valence-corrected chi connectivity index (χ3v) is 8.44. The van der Waals surface area contributed by atoms with Gasteiger partial charge >= 0.3 is 0 Å². The number of rotatable bonds is 7. The summed E-state index contributed by atoms with van der Waals surface area (Å²) in [5, 5.41) is 4.98. The Balaban J connectivity index is 1.12. The van der Waals surface area contributed by atoms with E-state index < -0.39 is 11.6 Å². The van der Waals surface area contributed by atoms with Crippen LogP contribution in [0.15, 0.2) is 48.8 Å². The van der Waals surface area contributed by atoms with Crippen molar-refractivity contribution in [3.63, 3.8) is 0 Å². The van der Waals surface area contributed by atoms with E-state index >= 15 is 0 Å². The molecule has 0 unspecified atom stereocenters. The van der Waals surface area contributed by atoms with Crippen molar-refractivity contribution in [3.05, 3.63) is 66.0 Å². The van der Waals surface area contributed by atoms with Gasteiger partial charge in [0, 0.05) is 69.6 Å². The van der Waals surface area contributed by atoms with Crippen LogP contribution in [0, 0.1) is 11.6 Å². The predicted molar refractivity (Wildman–Crippen MR) is 155 cm³/mol. The molecule has 3 fully saturated rings.